The average Bonchev–Trinajstić information content (AvgIpc) is 2.36. The molecule has 104 valence electrons. The molecule has 1 aliphatic heterocycles. The van der Waals surface area contributed by atoms with Gasteiger partial charge in [-0.05, 0) is 32.1 Å². The van der Waals surface area contributed by atoms with Crippen LogP contribution in [0.25, 0.3) is 0 Å². The number of carbonyl (C=O) groups is 2. The standard InChI is InChI=1S/C13H23NO4/c1-10(18-2)8-12(15)14-7-3-4-11(9-14)5-6-13(16)17/h10-11H,3-9H2,1-2H3,(H,16,17)/t10-,11-/m0/s1. The van der Waals surface area contributed by atoms with E-state index < -0.39 is 5.97 Å². The predicted octanol–water partition coefficient (Wildman–Crippen LogP) is 1.51. The fourth-order valence-corrected chi connectivity index (χ4v) is 2.31. The van der Waals surface area contributed by atoms with Crippen LogP contribution in [0.3, 0.4) is 0 Å². The number of methoxy groups -OCH3 is 1. The second kappa shape index (κ2) is 7.36. The number of piperidine rings is 1. The normalized spacial score (nSPS) is 21.7. The zero-order chi connectivity index (χ0) is 13.5. The SMILES string of the molecule is CO[C@@H](C)CC(=O)N1CCC[C@@H](CCC(=O)O)C1. The van der Waals surface area contributed by atoms with Crippen LogP contribution in [-0.2, 0) is 14.3 Å². The predicted molar refractivity (Wildman–Crippen MR) is 67.3 cm³/mol. The maximum atomic E-state index is 12.0. The lowest BCUT2D eigenvalue weighted by atomic mass is 9.93. The summed E-state index contributed by atoms with van der Waals surface area (Å²) in [6.45, 7) is 3.37. The van der Waals surface area contributed by atoms with Gasteiger partial charge in [-0.1, -0.05) is 0 Å². The van der Waals surface area contributed by atoms with Crippen molar-refractivity contribution in [3.05, 3.63) is 0 Å². The van der Waals surface area contributed by atoms with E-state index in [1.54, 1.807) is 7.11 Å². The van der Waals surface area contributed by atoms with Crippen LogP contribution in [0.4, 0.5) is 0 Å². The Kier molecular flexibility index (Phi) is 6.12. The molecule has 0 radical (unpaired) electrons. The van der Waals surface area contributed by atoms with Gasteiger partial charge in [0.15, 0.2) is 0 Å². The van der Waals surface area contributed by atoms with Crippen LogP contribution in [0.2, 0.25) is 0 Å². The van der Waals surface area contributed by atoms with E-state index in [-0.39, 0.29) is 18.4 Å². The first-order valence-corrected chi connectivity index (χ1v) is 6.55. The number of carboxylic acid groups (broad SMARTS) is 1. The van der Waals surface area contributed by atoms with Gasteiger partial charge >= 0.3 is 5.97 Å². The summed E-state index contributed by atoms with van der Waals surface area (Å²) in [6.07, 6.45) is 3.20. The molecule has 1 aliphatic rings. The summed E-state index contributed by atoms with van der Waals surface area (Å²) in [6, 6.07) is 0. The highest BCUT2D eigenvalue weighted by atomic mass is 16.5. The Bertz CT molecular complexity index is 293. The minimum absolute atomic E-state index is 0.0584. The third-order valence-electron chi connectivity index (χ3n) is 3.50. The van der Waals surface area contributed by atoms with E-state index in [0.717, 1.165) is 19.4 Å². The number of hydrogen-bond donors (Lipinski definition) is 1. The van der Waals surface area contributed by atoms with Crippen LogP contribution < -0.4 is 0 Å². The van der Waals surface area contributed by atoms with Crippen LogP contribution in [-0.4, -0.2) is 48.2 Å². The van der Waals surface area contributed by atoms with Crippen molar-refractivity contribution in [2.45, 2.75) is 45.1 Å². The van der Waals surface area contributed by atoms with Gasteiger partial charge in [0.1, 0.15) is 0 Å². The Hall–Kier alpha value is -1.10. The monoisotopic (exact) mass is 257 g/mol. The Morgan fingerprint density at radius 1 is 1.50 bits per heavy atom. The Balaban J connectivity index is 2.38. The molecule has 0 bridgehead atoms. The number of nitrogens with zero attached hydrogens (tertiary/aromatic N) is 1. The molecule has 1 saturated heterocycles. The van der Waals surface area contributed by atoms with Gasteiger partial charge in [0.25, 0.3) is 0 Å². The minimum atomic E-state index is -0.758. The maximum absolute atomic E-state index is 12.0. The van der Waals surface area contributed by atoms with Crippen LogP contribution in [0.1, 0.15) is 39.0 Å². The number of ether oxygens (including phenoxy) is 1. The van der Waals surface area contributed by atoms with E-state index in [1.807, 2.05) is 11.8 Å². The molecule has 0 aliphatic carbocycles. The number of likely N-dealkylation sites (tertiary alicyclic amines) is 1. The van der Waals surface area contributed by atoms with Crippen molar-refractivity contribution in [1.29, 1.82) is 0 Å². The summed E-state index contributed by atoms with van der Waals surface area (Å²) in [4.78, 5) is 24.4. The molecule has 1 heterocycles. The van der Waals surface area contributed by atoms with Crippen molar-refractivity contribution in [2.75, 3.05) is 20.2 Å². The zero-order valence-electron chi connectivity index (χ0n) is 11.2. The van der Waals surface area contributed by atoms with Gasteiger partial charge in [0.2, 0.25) is 5.91 Å². The minimum Gasteiger partial charge on any atom is -0.481 e. The summed E-state index contributed by atoms with van der Waals surface area (Å²) in [7, 11) is 1.60. The van der Waals surface area contributed by atoms with E-state index >= 15 is 0 Å². The molecule has 0 saturated carbocycles. The van der Waals surface area contributed by atoms with Crippen LogP contribution >= 0.6 is 0 Å². The van der Waals surface area contributed by atoms with Crippen molar-refractivity contribution < 1.29 is 19.4 Å². The number of aliphatic carboxylic acids is 1. The molecule has 1 fully saturated rings. The highest BCUT2D eigenvalue weighted by molar-refractivity contribution is 5.76. The van der Waals surface area contributed by atoms with E-state index in [0.29, 0.717) is 25.3 Å². The second-order valence-electron chi connectivity index (χ2n) is 5.03. The summed E-state index contributed by atoms with van der Waals surface area (Å²) < 4.78 is 5.09. The van der Waals surface area contributed by atoms with Gasteiger partial charge in [0.05, 0.1) is 12.5 Å². The van der Waals surface area contributed by atoms with Crippen molar-refractivity contribution in [3.63, 3.8) is 0 Å². The van der Waals surface area contributed by atoms with Gasteiger partial charge in [-0.3, -0.25) is 9.59 Å². The van der Waals surface area contributed by atoms with Gasteiger partial charge < -0.3 is 14.7 Å². The molecular weight excluding hydrogens is 234 g/mol. The number of carbonyl (C=O) groups excluding carboxylic acids is 1. The number of amides is 1. The van der Waals surface area contributed by atoms with E-state index in [1.165, 1.54) is 0 Å². The first-order chi connectivity index (χ1) is 8.52. The molecule has 0 aromatic carbocycles. The third-order valence-corrected chi connectivity index (χ3v) is 3.50. The fraction of sp³-hybridized carbons (Fsp3) is 0.846. The lowest BCUT2D eigenvalue weighted by Gasteiger charge is -2.33. The van der Waals surface area contributed by atoms with Crippen molar-refractivity contribution in [1.82, 2.24) is 4.90 Å². The molecule has 5 heteroatoms. The molecule has 5 nitrogen and oxygen atoms in total. The van der Waals surface area contributed by atoms with Crippen molar-refractivity contribution >= 4 is 11.9 Å². The Labute approximate surface area is 108 Å². The van der Waals surface area contributed by atoms with Gasteiger partial charge in [-0.25, -0.2) is 0 Å². The molecule has 18 heavy (non-hydrogen) atoms. The third kappa shape index (κ3) is 5.04. The molecule has 1 rings (SSSR count). The van der Waals surface area contributed by atoms with Gasteiger partial charge in [-0.15, -0.1) is 0 Å². The smallest absolute Gasteiger partial charge is 0.303 e. The average molecular weight is 257 g/mol. The molecule has 0 aromatic rings. The summed E-state index contributed by atoms with van der Waals surface area (Å²) in [5, 5.41) is 8.67. The van der Waals surface area contributed by atoms with Crippen molar-refractivity contribution in [3.8, 4) is 0 Å². The summed E-state index contributed by atoms with van der Waals surface area (Å²) in [5.74, 6) is -0.313. The maximum Gasteiger partial charge on any atom is 0.303 e. The highest BCUT2D eigenvalue weighted by Gasteiger charge is 2.24. The number of rotatable bonds is 6. The summed E-state index contributed by atoms with van der Waals surface area (Å²) >= 11 is 0. The van der Waals surface area contributed by atoms with Crippen molar-refractivity contribution in [2.24, 2.45) is 5.92 Å². The lowest BCUT2D eigenvalue weighted by molar-refractivity contribution is -0.137. The quantitative estimate of drug-likeness (QED) is 0.783. The largest absolute Gasteiger partial charge is 0.481 e. The molecule has 0 aromatic heterocycles. The van der Waals surface area contributed by atoms with Crippen LogP contribution in [0.5, 0.6) is 0 Å². The van der Waals surface area contributed by atoms with Gasteiger partial charge in [-0.2, -0.15) is 0 Å². The number of carboxylic acids is 1. The molecule has 1 N–H and O–H groups in total. The Morgan fingerprint density at radius 3 is 2.83 bits per heavy atom. The Morgan fingerprint density at radius 2 is 2.22 bits per heavy atom. The summed E-state index contributed by atoms with van der Waals surface area (Å²) in [5.41, 5.74) is 0. The zero-order valence-corrected chi connectivity index (χ0v) is 11.2. The lowest BCUT2D eigenvalue weighted by Crippen LogP contribution is -2.41. The van der Waals surface area contributed by atoms with E-state index in [9.17, 15) is 9.59 Å². The van der Waals surface area contributed by atoms with Crippen LogP contribution in [0, 0.1) is 5.92 Å². The number of hydrogen-bond acceptors (Lipinski definition) is 3. The first-order valence-electron chi connectivity index (χ1n) is 6.55. The molecule has 0 unspecified atom stereocenters. The topological polar surface area (TPSA) is 66.8 Å². The molecule has 2 atom stereocenters. The van der Waals surface area contributed by atoms with Gasteiger partial charge in [0, 0.05) is 26.6 Å². The second-order valence-corrected chi connectivity index (χ2v) is 5.03. The van der Waals surface area contributed by atoms with E-state index in [2.05, 4.69) is 0 Å². The molecule has 1 amide bonds. The molecule has 0 spiro atoms. The fourth-order valence-electron chi connectivity index (χ4n) is 2.31. The van der Waals surface area contributed by atoms with Crippen LogP contribution in [0.15, 0.2) is 0 Å². The van der Waals surface area contributed by atoms with E-state index in [4.69, 9.17) is 9.84 Å². The highest BCUT2D eigenvalue weighted by Crippen LogP contribution is 2.21. The molecular formula is C13H23NO4. The first kappa shape index (κ1) is 15.0.